The largest absolute Gasteiger partial charge is 0.387 e. The molecule has 0 spiro atoms. The first-order chi connectivity index (χ1) is 6.74. The standard InChI is InChI=1S/C8H14N4OS/c1-2-4-13-5-3-12-6-10-8(11-12)7(9)14/h6H,2-5H2,1H3,(H2,9,14). The van der Waals surface area contributed by atoms with Crippen molar-refractivity contribution in [3.8, 4) is 0 Å². The van der Waals surface area contributed by atoms with Crippen LogP contribution in [0.2, 0.25) is 0 Å². The maximum Gasteiger partial charge on any atom is 0.208 e. The molecular weight excluding hydrogens is 200 g/mol. The molecule has 0 saturated heterocycles. The van der Waals surface area contributed by atoms with Crippen molar-refractivity contribution in [3.05, 3.63) is 12.2 Å². The third kappa shape index (κ3) is 3.39. The molecule has 6 heteroatoms. The Labute approximate surface area is 88.3 Å². The first-order valence-electron chi connectivity index (χ1n) is 4.51. The molecule has 0 amide bonds. The van der Waals surface area contributed by atoms with Gasteiger partial charge in [0.1, 0.15) is 11.3 Å². The normalized spacial score (nSPS) is 10.4. The molecule has 0 bridgehead atoms. The number of thiocarbonyl (C=S) groups is 1. The van der Waals surface area contributed by atoms with Crippen LogP contribution in [0.4, 0.5) is 0 Å². The minimum atomic E-state index is 0.221. The number of ether oxygens (including phenoxy) is 1. The molecule has 0 aliphatic carbocycles. The quantitative estimate of drug-likeness (QED) is 0.546. The van der Waals surface area contributed by atoms with E-state index >= 15 is 0 Å². The third-order valence-electron chi connectivity index (χ3n) is 1.57. The van der Waals surface area contributed by atoms with E-state index in [1.54, 1.807) is 11.0 Å². The maximum atomic E-state index is 5.37. The van der Waals surface area contributed by atoms with Gasteiger partial charge in [0, 0.05) is 6.61 Å². The van der Waals surface area contributed by atoms with Crippen molar-refractivity contribution in [1.82, 2.24) is 14.8 Å². The number of nitrogens with zero attached hydrogens (tertiary/aromatic N) is 3. The van der Waals surface area contributed by atoms with Crippen LogP contribution in [0.5, 0.6) is 0 Å². The molecule has 0 radical (unpaired) electrons. The second kappa shape index (κ2) is 5.66. The molecule has 0 atom stereocenters. The van der Waals surface area contributed by atoms with E-state index in [-0.39, 0.29) is 4.99 Å². The van der Waals surface area contributed by atoms with Crippen molar-refractivity contribution in [3.63, 3.8) is 0 Å². The van der Waals surface area contributed by atoms with Gasteiger partial charge in [0.25, 0.3) is 0 Å². The van der Waals surface area contributed by atoms with Crippen molar-refractivity contribution in [2.24, 2.45) is 5.73 Å². The summed E-state index contributed by atoms with van der Waals surface area (Å²) < 4.78 is 6.97. The molecule has 0 aliphatic rings. The number of rotatable bonds is 6. The van der Waals surface area contributed by atoms with E-state index in [4.69, 9.17) is 22.7 Å². The molecule has 5 nitrogen and oxygen atoms in total. The summed E-state index contributed by atoms with van der Waals surface area (Å²) in [5.74, 6) is 0.412. The minimum absolute atomic E-state index is 0.221. The first-order valence-corrected chi connectivity index (χ1v) is 4.92. The molecule has 1 rings (SSSR count). The highest BCUT2D eigenvalue weighted by Crippen LogP contribution is 1.90. The van der Waals surface area contributed by atoms with E-state index in [1.165, 1.54) is 0 Å². The van der Waals surface area contributed by atoms with Crippen LogP contribution in [0.15, 0.2) is 6.33 Å². The second-order valence-electron chi connectivity index (χ2n) is 2.81. The Morgan fingerprint density at radius 1 is 1.64 bits per heavy atom. The van der Waals surface area contributed by atoms with E-state index in [1.807, 2.05) is 0 Å². The van der Waals surface area contributed by atoms with Gasteiger partial charge in [-0.3, -0.25) is 0 Å². The third-order valence-corrected chi connectivity index (χ3v) is 1.75. The average Bonchev–Trinajstić information content (AvgIpc) is 2.61. The van der Waals surface area contributed by atoms with Crippen molar-refractivity contribution in [1.29, 1.82) is 0 Å². The van der Waals surface area contributed by atoms with Crippen molar-refractivity contribution in [2.75, 3.05) is 13.2 Å². The van der Waals surface area contributed by atoms with Gasteiger partial charge in [-0.15, -0.1) is 5.10 Å². The van der Waals surface area contributed by atoms with E-state index in [9.17, 15) is 0 Å². The zero-order valence-corrected chi connectivity index (χ0v) is 8.96. The van der Waals surface area contributed by atoms with Crippen LogP contribution in [0.25, 0.3) is 0 Å². The Hall–Kier alpha value is -1.01. The smallest absolute Gasteiger partial charge is 0.208 e. The van der Waals surface area contributed by atoms with Crippen LogP contribution in [0.1, 0.15) is 19.2 Å². The molecule has 0 aromatic carbocycles. The van der Waals surface area contributed by atoms with Gasteiger partial charge in [-0.25, -0.2) is 9.67 Å². The number of hydrogen-bond donors (Lipinski definition) is 1. The lowest BCUT2D eigenvalue weighted by atomic mass is 10.5. The maximum absolute atomic E-state index is 5.37. The lowest BCUT2D eigenvalue weighted by molar-refractivity contribution is 0.124. The van der Waals surface area contributed by atoms with Crippen LogP contribution in [-0.4, -0.2) is 33.0 Å². The molecule has 1 heterocycles. The zero-order valence-electron chi connectivity index (χ0n) is 8.14. The number of aromatic nitrogens is 3. The first kappa shape index (κ1) is 11.1. The van der Waals surface area contributed by atoms with Crippen LogP contribution < -0.4 is 5.73 Å². The average molecular weight is 214 g/mol. The predicted octanol–water partition coefficient (Wildman–Crippen LogP) is 0.339. The van der Waals surface area contributed by atoms with Crippen LogP contribution in [0, 0.1) is 0 Å². The van der Waals surface area contributed by atoms with E-state index in [0.717, 1.165) is 13.0 Å². The van der Waals surface area contributed by atoms with Gasteiger partial charge >= 0.3 is 0 Å². The summed E-state index contributed by atoms with van der Waals surface area (Å²) in [6.45, 7) is 4.15. The zero-order chi connectivity index (χ0) is 10.4. The Bertz CT molecular complexity index is 299. The van der Waals surface area contributed by atoms with Gasteiger partial charge in [0.2, 0.25) is 5.82 Å². The van der Waals surface area contributed by atoms with Crippen molar-refractivity contribution in [2.45, 2.75) is 19.9 Å². The molecule has 0 aliphatic heterocycles. The lowest BCUT2D eigenvalue weighted by Gasteiger charge is -2.01. The topological polar surface area (TPSA) is 66.0 Å². The van der Waals surface area contributed by atoms with Crippen LogP contribution >= 0.6 is 12.2 Å². The highest BCUT2D eigenvalue weighted by atomic mass is 32.1. The molecule has 78 valence electrons. The lowest BCUT2D eigenvalue weighted by Crippen LogP contribution is -2.13. The highest BCUT2D eigenvalue weighted by molar-refractivity contribution is 7.80. The fourth-order valence-corrected chi connectivity index (χ4v) is 1.01. The monoisotopic (exact) mass is 214 g/mol. The van der Waals surface area contributed by atoms with Crippen molar-refractivity contribution >= 4 is 17.2 Å². The molecule has 0 saturated carbocycles. The summed E-state index contributed by atoms with van der Waals surface area (Å²) in [6.07, 6.45) is 2.62. The van der Waals surface area contributed by atoms with Crippen LogP contribution in [-0.2, 0) is 11.3 Å². The Kier molecular flexibility index (Phi) is 4.48. The Balaban J connectivity index is 2.33. The molecule has 0 fully saturated rings. The fraction of sp³-hybridized carbons (Fsp3) is 0.625. The van der Waals surface area contributed by atoms with E-state index in [2.05, 4.69) is 17.0 Å². The number of nitrogens with two attached hydrogens (primary N) is 1. The molecular formula is C8H14N4OS. The van der Waals surface area contributed by atoms with Crippen LogP contribution in [0.3, 0.4) is 0 Å². The Morgan fingerprint density at radius 3 is 3.00 bits per heavy atom. The summed E-state index contributed by atoms with van der Waals surface area (Å²) in [5.41, 5.74) is 5.37. The summed E-state index contributed by atoms with van der Waals surface area (Å²) in [7, 11) is 0. The summed E-state index contributed by atoms with van der Waals surface area (Å²) >= 11 is 4.74. The molecule has 1 aromatic heterocycles. The van der Waals surface area contributed by atoms with Gasteiger partial charge in [0.15, 0.2) is 0 Å². The molecule has 0 unspecified atom stereocenters. The SMILES string of the molecule is CCCOCCn1cnc(C(N)=S)n1. The fourth-order valence-electron chi connectivity index (χ4n) is 0.920. The Morgan fingerprint density at radius 2 is 2.43 bits per heavy atom. The van der Waals surface area contributed by atoms with Gasteiger partial charge in [-0.2, -0.15) is 0 Å². The molecule has 1 aromatic rings. The molecule has 2 N–H and O–H groups in total. The summed E-state index contributed by atoms with van der Waals surface area (Å²) in [6, 6.07) is 0. The van der Waals surface area contributed by atoms with E-state index < -0.39 is 0 Å². The van der Waals surface area contributed by atoms with Gasteiger partial charge < -0.3 is 10.5 Å². The summed E-state index contributed by atoms with van der Waals surface area (Å²) in [5, 5.41) is 4.07. The van der Waals surface area contributed by atoms with Gasteiger partial charge in [0.05, 0.1) is 13.2 Å². The predicted molar refractivity (Wildman–Crippen MR) is 57.0 cm³/mol. The van der Waals surface area contributed by atoms with E-state index in [0.29, 0.717) is 19.0 Å². The second-order valence-corrected chi connectivity index (χ2v) is 3.25. The molecule has 14 heavy (non-hydrogen) atoms. The minimum Gasteiger partial charge on any atom is -0.387 e. The van der Waals surface area contributed by atoms with Gasteiger partial charge in [-0.05, 0) is 6.42 Å². The summed E-state index contributed by atoms with van der Waals surface area (Å²) in [4.78, 5) is 4.17. The highest BCUT2D eigenvalue weighted by Gasteiger charge is 2.02. The number of hydrogen-bond acceptors (Lipinski definition) is 4. The van der Waals surface area contributed by atoms with Gasteiger partial charge in [-0.1, -0.05) is 19.1 Å². The van der Waals surface area contributed by atoms with Crippen molar-refractivity contribution < 1.29 is 4.74 Å².